The molecule has 0 saturated heterocycles. The largest absolute Gasteiger partial charge is 0.488 e. The normalized spacial score (nSPS) is 12.2. The van der Waals surface area contributed by atoms with Crippen LogP contribution in [0.3, 0.4) is 0 Å². The third-order valence-corrected chi connectivity index (χ3v) is 3.60. The topological polar surface area (TPSA) is 35.2 Å². The molecule has 2 aromatic rings. The van der Waals surface area contributed by atoms with Gasteiger partial charge in [0.2, 0.25) is 0 Å². The van der Waals surface area contributed by atoms with Crippen molar-refractivity contribution in [3.63, 3.8) is 0 Å². The van der Waals surface area contributed by atoms with Crippen molar-refractivity contribution in [2.45, 2.75) is 39.3 Å². The van der Waals surface area contributed by atoms with Crippen LogP contribution in [0.4, 0.5) is 4.39 Å². The van der Waals surface area contributed by atoms with Gasteiger partial charge in [-0.1, -0.05) is 37.3 Å². The van der Waals surface area contributed by atoms with E-state index in [1.807, 2.05) is 19.1 Å². The van der Waals surface area contributed by atoms with Crippen LogP contribution in [0.15, 0.2) is 42.5 Å². The molecule has 0 radical (unpaired) electrons. The van der Waals surface area contributed by atoms with Crippen LogP contribution in [0.25, 0.3) is 0 Å². The Labute approximate surface area is 125 Å². The van der Waals surface area contributed by atoms with Crippen LogP contribution in [0, 0.1) is 12.7 Å². The molecule has 0 bridgehead atoms. The molecule has 112 valence electrons. The van der Waals surface area contributed by atoms with Crippen LogP contribution >= 0.6 is 0 Å². The van der Waals surface area contributed by atoms with Gasteiger partial charge in [-0.05, 0) is 48.6 Å². The minimum absolute atomic E-state index is 0.139. The molecule has 3 heteroatoms. The Morgan fingerprint density at radius 3 is 2.52 bits per heavy atom. The van der Waals surface area contributed by atoms with Gasteiger partial charge in [0.25, 0.3) is 0 Å². The molecule has 21 heavy (non-hydrogen) atoms. The molecule has 1 atom stereocenters. The summed E-state index contributed by atoms with van der Waals surface area (Å²) < 4.78 is 18.9. The fourth-order valence-electron chi connectivity index (χ4n) is 2.24. The van der Waals surface area contributed by atoms with E-state index >= 15 is 0 Å². The monoisotopic (exact) mass is 287 g/mol. The van der Waals surface area contributed by atoms with Crippen LogP contribution in [-0.4, -0.2) is 6.04 Å². The summed E-state index contributed by atoms with van der Waals surface area (Å²) in [7, 11) is 0. The van der Waals surface area contributed by atoms with Crippen molar-refractivity contribution in [3.8, 4) is 5.75 Å². The van der Waals surface area contributed by atoms with E-state index in [4.69, 9.17) is 10.5 Å². The SMILES string of the molecule is CCC(N)Cc1cccc(C)c1OCc1ccc(F)cc1. The van der Waals surface area contributed by atoms with E-state index in [0.717, 1.165) is 35.3 Å². The molecule has 2 rings (SSSR count). The summed E-state index contributed by atoms with van der Waals surface area (Å²) in [5, 5.41) is 0. The Kier molecular flexibility index (Phi) is 5.34. The van der Waals surface area contributed by atoms with Crippen molar-refractivity contribution >= 4 is 0 Å². The quantitative estimate of drug-likeness (QED) is 0.871. The molecule has 0 amide bonds. The second kappa shape index (κ2) is 7.23. The van der Waals surface area contributed by atoms with Crippen molar-refractivity contribution in [1.82, 2.24) is 0 Å². The molecule has 0 saturated carbocycles. The molecule has 0 spiro atoms. The summed E-state index contributed by atoms with van der Waals surface area (Å²) in [4.78, 5) is 0. The summed E-state index contributed by atoms with van der Waals surface area (Å²) in [6, 6.07) is 12.6. The Morgan fingerprint density at radius 1 is 1.14 bits per heavy atom. The zero-order valence-electron chi connectivity index (χ0n) is 12.6. The van der Waals surface area contributed by atoms with Gasteiger partial charge < -0.3 is 10.5 Å². The first kappa shape index (κ1) is 15.5. The molecular weight excluding hydrogens is 265 g/mol. The third kappa shape index (κ3) is 4.30. The molecule has 0 aliphatic rings. The third-order valence-electron chi connectivity index (χ3n) is 3.60. The maximum absolute atomic E-state index is 12.9. The summed E-state index contributed by atoms with van der Waals surface area (Å²) >= 11 is 0. The lowest BCUT2D eigenvalue weighted by Crippen LogP contribution is -2.21. The molecule has 1 unspecified atom stereocenters. The Balaban J connectivity index is 2.12. The average Bonchev–Trinajstić information content (AvgIpc) is 2.48. The van der Waals surface area contributed by atoms with Crippen LogP contribution in [-0.2, 0) is 13.0 Å². The van der Waals surface area contributed by atoms with Crippen molar-refractivity contribution in [3.05, 3.63) is 65.0 Å². The van der Waals surface area contributed by atoms with Gasteiger partial charge in [0.05, 0.1) is 0 Å². The standard InChI is InChI=1S/C18H22FNO/c1-3-17(20)11-15-6-4-5-13(2)18(15)21-12-14-7-9-16(19)10-8-14/h4-10,17H,3,11-12,20H2,1-2H3. The van der Waals surface area contributed by atoms with Gasteiger partial charge in [0.15, 0.2) is 0 Å². The number of rotatable bonds is 6. The number of hydrogen-bond acceptors (Lipinski definition) is 2. The molecule has 0 aliphatic heterocycles. The second-order valence-electron chi connectivity index (χ2n) is 5.35. The van der Waals surface area contributed by atoms with Crippen molar-refractivity contribution in [1.29, 1.82) is 0 Å². The highest BCUT2D eigenvalue weighted by Gasteiger charge is 2.10. The number of para-hydroxylation sites is 1. The molecule has 2 N–H and O–H groups in total. The number of ether oxygens (including phenoxy) is 1. The van der Waals surface area contributed by atoms with Gasteiger partial charge in [0, 0.05) is 6.04 Å². The van der Waals surface area contributed by atoms with Crippen molar-refractivity contribution < 1.29 is 9.13 Å². The van der Waals surface area contributed by atoms with Gasteiger partial charge in [-0.2, -0.15) is 0 Å². The molecule has 0 fully saturated rings. The van der Waals surface area contributed by atoms with E-state index in [0.29, 0.717) is 6.61 Å². The fourth-order valence-corrected chi connectivity index (χ4v) is 2.24. The maximum atomic E-state index is 12.9. The van der Waals surface area contributed by atoms with Gasteiger partial charge >= 0.3 is 0 Å². The number of nitrogens with two attached hydrogens (primary N) is 1. The highest BCUT2D eigenvalue weighted by atomic mass is 19.1. The van der Waals surface area contributed by atoms with Crippen LogP contribution < -0.4 is 10.5 Å². The summed E-state index contributed by atoms with van der Waals surface area (Å²) in [5.41, 5.74) is 9.23. The number of benzene rings is 2. The highest BCUT2D eigenvalue weighted by molar-refractivity contribution is 5.41. The summed E-state index contributed by atoms with van der Waals surface area (Å²) in [6.45, 7) is 4.54. The Bertz CT molecular complexity index is 580. The maximum Gasteiger partial charge on any atom is 0.125 e. The first-order valence-electron chi connectivity index (χ1n) is 7.31. The van der Waals surface area contributed by atoms with E-state index in [2.05, 4.69) is 13.0 Å². The van der Waals surface area contributed by atoms with Crippen molar-refractivity contribution in [2.24, 2.45) is 5.73 Å². The molecule has 2 aromatic carbocycles. The van der Waals surface area contributed by atoms with Gasteiger partial charge in [0.1, 0.15) is 18.2 Å². The summed E-state index contributed by atoms with van der Waals surface area (Å²) in [6.07, 6.45) is 1.74. The molecule has 0 aliphatic carbocycles. The van der Waals surface area contributed by atoms with E-state index in [1.165, 1.54) is 12.1 Å². The predicted molar refractivity (Wildman–Crippen MR) is 83.9 cm³/mol. The molecular formula is C18H22FNO. The van der Waals surface area contributed by atoms with Gasteiger partial charge in [-0.15, -0.1) is 0 Å². The zero-order valence-corrected chi connectivity index (χ0v) is 12.6. The van der Waals surface area contributed by atoms with Crippen LogP contribution in [0.1, 0.15) is 30.0 Å². The van der Waals surface area contributed by atoms with Gasteiger partial charge in [-0.25, -0.2) is 4.39 Å². The first-order chi connectivity index (χ1) is 10.1. The predicted octanol–water partition coefficient (Wildman–Crippen LogP) is 3.99. The highest BCUT2D eigenvalue weighted by Crippen LogP contribution is 2.26. The minimum Gasteiger partial charge on any atom is -0.488 e. The lowest BCUT2D eigenvalue weighted by Gasteiger charge is -2.16. The van der Waals surface area contributed by atoms with Crippen LogP contribution in [0.2, 0.25) is 0 Å². The zero-order chi connectivity index (χ0) is 15.2. The summed E-state index contributed by atoms with van der Waals surface area (Å²) in [5.74, 6) is 0.662. The smallest absolute Gasteiger partial charge is 0.125 e. The van der Waals surface area contributed by atoms with E-state index in [-0.39, 0.29) is 11.9 Å². The lowest BCUT2D eigenvalue weighted by atomic mass is 10.0. The molecule has 0 aromatic heterocycles. The second-order valence-corrected chi connectivity index (χ2v) is 5.35. The Hall–Kier alpha value is -1.87. The average molecular weight is 287 g/mol. The molecule has 2 nitrogen and oxygen atoms in total. The van der Waals surface area contributed by atoms with E-state index < -0.39 is 0 Å². The lowest BCUT2D eigenvalue weighted by molar-refractivity contribution is 0.300. The van der Waals surface area contributed by atoms with Gasteiger partial charge in [-0.3, -0.25) is 0 Å². The molecule has 0 heterocycles. The Morgan fingerprint density at radius 2 is 1.86 bits per heavy atom. The first-order valence-corrected chi connectivity index (χ1v) is 7.31. The van der Waals surface area contributed by atoms with Crippen molar-refractivity contribution in [2.75, 3.05) is 0 Å². The van der Waals surface area contributed by atoms with Crippen LogP contribution in [0.5, 0.6) is 5.75 Å². The number of halogens is 1. The van der Waals surface area contributed by atoms with E-state index in [9.17, 15) is 4.39 Å². The van der Waals surface area contributed by atoms with E-state index in [1.54, 1.807) is 12.1 Å². The number of hydrogen-bond donors (Lipinski definition) is 1. The minimum atomic E-state index is -0.232. The number of aryl methyl sites for hydroxylation is 1. The fraction of sp³-hybridized carbons (Fsp3) is 0.333.